The van der Waals surface area contributed by atoms with Crippen LogP contribution < -0.4 is 10.2 Å². The van der Waals surface area contributed by atoms with Crippen LogP contribution in [0.4, 0.5) is 5.69 Å². The van der Waals surface area contributed by atoms with Gasteiger partial charge >= 0.3 is 0 Å². The average molecular weight is 674 g/mol. The summed E-state index contributed by atoms with van der Waals surface area (Å²) >= 11 is 1.39. The van der Waals surface area contributed by atoms with Gasteiger partial charge in [0.25, 0.3) is 5.91 Å². The summed E-state index contributed by atoms with van der Waals surface area (Å²) in [4.78, 5) is 36.5. The molecular formula is C37H47N5O5S. The largest absolute Gasteiger partial charge is 0.378 e. The number of thiazole rings is 1. The van der Waals surface area contributed by atoms with E-state index >= 15 is 0 Å². The lowest BCUT2D eigenvalue weighted by molar-refractivity contribution is 0.0122. The van der Waals surface area contributed by atoms with Gasteiger partial charge in [-0.3, -0.25) is 14.6 Å². The van der Waals surface area contributed by atoms with Crippen LogP contribution in [0.5, 0.6) is 0 Å². The van der Waals surface area contributed by atoms with Crippen LogP contribution in [0.3, 0.4) is 0 Å². The number of ether oxygens (including phenoxy) is 3. The summed E-state index contributed by atoms with van der Waals surface area (Å²) in [5, 5.41) is 4.48. The fourth-order valence-electron chi connectivity index (χ4n) is 5.19. The van der Waals surface area contributed by atoms with Crippen molar-refractivity contribution < 1.29 is 23.8 Å². The molecule has 1 amide bonds. The van der Waals surface area contributed by atoms with E-state index < -0.39 is 0 Å². The van der Waals surface area contributed by atoms with Gasteiger partial charge in [-0.1, -0.05) is 30.3 Å². The van der Waals surface area contributed by atoms with Gasteiger partial charge in [-0.15, -0.1) is 11.3 Å². The summed E-state index contributed by atoms with van der Waals surface area (Å²) in [6.07, 6.45) is 3.48. The average Bonchev–Trinajstić information content (AvgIpc) is 3.67. The maximum atomic E-state index is 11.8. The number of aldehydes is 1. The number of carbonyl (C=O) groups excluding carboxylic acids is 2. The van der Waals surface area contributed by atoms with Gasteiger partial charge < -0.3 is 29.3 Å². The van der Waals surface area contributed by atoms with E-state index in [-0.39, 0.29) is 5.91 Å². The molecule has 0 fully saturated rings. The number of aromatic nitrogens is 2. The number of nitrogens with one attached hydrogen (secondary N) is 1. The van der Waals surface area contributed by atoms with E-state index in [1.54, 1.807) is 23.2 Å². The number of anilines is 1. The van der Waals surface area contributed by atoms with Crippen LogP contribution in [-0.2, 0) is 20.6 Å². The van der Waals surface area contributed by atoms with Crippen molar-refractivity contribution in [2.45, 2.75) is 20.3 Å². The van der Waals surface area contributed by atoms with Crippen molar-refractivity contribution in [1.29, 1.82) is 0 Å². The number of amides is 1. The predicted octanol–water partition coefficient (Wildman–Crippen LogP) is 5.48. The first-order chi connectivity index (χ1) is 23.5. The molecule has 0 bridgehead atoms. The zero-order valence-electron chi connectivity index (χ0n) is 28.2. The number of hydrogen-bond acceptors (Lipinski definition) is 10. The molecular weight excluding hydrogens is 627 g/mol. The van der Waals surface area contributed by atoms with Crippen LogP contribution in [0.15, 0.2) is 71.7 Å². The highest BCUT2D eigenvalue weighted by atomic mass is 32.1. The highest BCUT2D eigenvalue weighted by molar-refractivity contribution is 7.07. The van der Waals surface area contributed by atoms with E-state index in [9.17, 15) is 9.59 Å². The van der Waals surface area contributed by atoms with Gasteiger partial charge in [0.05, 0.1) is 50.8 Å². The van der Waals surface area contributed by atoms with Crippen molar-refractivity contribution in [2.24, 2.45) is 0 Å². The number of pyridine rings is 1. The lowest BCUT2D eigenvalue weighted by Gasteiger charge is -2.23. The maximum Gasteiger partial charge on any atom is 0.270 e. The van der Waals surface area contributed by atoms with E-state index in [4.69, 9.17) is 14.2 Å². The Balaban J connectivity index is 1.17. The van der Waals surface area contributed by atoms with E-state index in [1.165, 1.54) is 16.9 Å². The molecule has 0 aliphatic carbocycles. The number of benzene rings is 2. The molecule has 0 radical (unpaired) electrons. The standard InChI is InChI=1S/C37H47N5O5S/c1-4-42(5-2)32-9-10-33(34(25-32)35-24-30(26-43)11-13-38-35)31-8-6-7-29(23-31)12-15-41(3)16-18-46-20-22-47-21-19-45-17-14-39-37(44)36-27-48-28-40-36/h6-11,13,23-28H,4-5,12,14-22H2,1-3H3,(H,39,44). The normalized spacial score (nSPS) is 11.2. The zero-order chi connectivity index (χ0) is 34.0. The molecule has 0 aliphatic heterocycles. The molecule has 256 valence electrons. The van der Waals surface area contributed by atoms with Gasteiger partial charge in [0.15, 0.2) is 0 Å². The van der Waals surface area contributed by atoms with E-state index in [1.807, 2.05) is 6.07 Å². The molecule has 0 saturated carbocycles. The number of hydrogen-bond donors (Lipinski definition) is 1. The fourth-order valence-corrected chi connectivity index (χ4v) is 5.72. The van der Waals surface area contributed by atoms with Crippen molar-refractivity contribution >= 4 is 29.2 Å². The molecule has 4 aromatic rings. The van der Waals surface area contributed by atoms with Crippen LogP contribution in [0.25, 0.3) is 22.4 Å². The highest BCUT2D eigenvalue weighted by Gasteiger charge is 2.14. The van der Waals surface area contributed by atoms with Crippen LogP contribution in [-0.4, -0.2) is 106 Å². The number of carbonyl (C=O) groups is 2. The van der Waals surface area contributed by atoms with E-state index in [2.05, 4.69) is 88.4 Å². The van der Waals surface area contributed by atoms with E-state index in [0.717, 1.165) is 67.0 Å². The third-order valence-corrected chi connectivity index (χ3v) is 8.49. The molecule has 2 heterocycles. The highest BCUT2D eigenvalue weighted by Crippen LogP contribution is 2.35. The van der Waals surface area contributed by atoms with Gasteiger partial charge in [-0.2, -0.15) is 0 Å². The molecule has 11 heteroatoms. The Kier molecular flexibility index (Phi) is 15.6. The SMILES string of the molecule is CCN(CC)c1ccc(-c2cccc(CCN(C)CCOCCOCCOCCNC(=O)c3cscn3)c2)c(-c2cc(C=O)ccn2)c1. The molecule has 4 rings (SSSR count). The Morgan fingerprint density at radius 1 is 0.875 bits per heavy atom. The maximum absolute atomic E-state index is 11.8. The minimum Gasteiger partial charge on any atom is -0.378 e. The minimum absolute atomic E-state index is 0.187. The molecule has 1 N–H and O–H groups in total. The molecule has 2 aromatic carbocycles. The van der Waals surface area contributed by atoms with Crippen LogP contribution in [0, 0.1) is 0 Å². The van der Waals surface area contributed by atoms with Crippen molar-refractivity contribution in [2.75, 3.05) is 84.3 Å². The summed E-state index contributed by atoms with van der Waals surface area (Å²) in [5.74, 6) is -0.187. The summed E-state index contributed by atoms with van der Waals surface area (Å²) in [5.41, 5.74) is 9.09. The Bertz CT molecular complexity index is 1550. The first-order valence-electron chi connectivity index (χ1n) is 16.5. The second-order valence-electron chi connectivity index (χ2n) is 11.2. The Morgan fingerprint density at radius 3 is 2.38 bits per heavy atom. The predicted molar refractivity (Wildman–Crippen MR) is 192 cm³/mol. The van der Waals surface area contributed by atoms with Crippen molar-refractivity contribution in [3.05, 3.63) is 88.5 Å². The van der Waals surface area contributed by atoms with Crippen LogP contribution in [0.1, 0.15) is 40.3 Å². The van der Waals surface area contributed by atoms with Crippen molar-refractivity contribution in [1.82, 2.24) is 20.2 Å². The Labute approximate surface area is 288 Å². The molecule has 0 spiro atoms. The molecule has 0 aliphatic rings. The van der Waals surface area contributed by atoms with E-state index in [0.29, 0.717) is 57.4 Å². The molecule has 48 heavy (non-hydrogen) atoms. The second kappa shape index (κ2) is 20.4. The first-order valence-corrected chi connectivity index (χ1v) is 17.4. The van der Waals surface area contributed by atoms with Gasteiger partial charge in [0.2, 0.25) is 0 Å². The fraction of sp³-hybridized carbons (Fsp3) is 0.405. The van der Waals surface area contributed by atoms with Crippen molar-refractivity contribution in [3.63, 3.8) is 0 Å². The monoisotopic (exact) mass is 673 g/mol. The molecule has 0 atom stereocenters. The van der Waals surface area contributed by atoms with Crippen LogP contribution in [0.2, 0.25) is 0 Å². The quantitative estimate of drug-likeness (QED) is 0.0857. The lowest BCUT2D eigenvalue weighted by atomic mass is 9.94. The summed E-state index contributed by atoms with van der Waals surface area (Å²) in [7, 11) is 2.11. The smallest absolute Gasteiger partial charge is 0.270 e. The van der Waals surface area contributed by atoms with Gasteiger partial charge in [-0.25, -0.2) is 4.98 Å². The van der Waals surface area contributed by atoms with Crippen molar-refractivity contribution in [3.8, 4) is 22.4 Å². The summed E-state index contributed by atoms with van der Waals surface area (Å²) in [6.45, 7) is 11.3. The minimum atomic E-state index is -0.187. The third kappa shape index (κ3) is 11.6. The molecule has 2 aromatic heterocycles. The number of rotatable bonds is 22. The first kappa shape index (κ1) is 36.8. The Hall–Kier alpha value is -4.00. The molecule has 0 unspecified atom stereocenters. The van der Waals surface area contributed by atoms with Crippen LogP contribution >= 0.6 is 11.3 Å². The molecule has 10 nitrogen and oxygen atoms in total. The van der Waals surface area contributed by atoms with Gasteiger partial charge in [0.1, 0.15) is 12.0 Å². The molecule has 0 saturated heterocycles. The Morgan fingerprint density at radius 2 is 1.65 bits per heavy atom. The number of nitrogens with zero attached hydrogens (tertiary/aromatic N) is 4. The topological polar surface area (TPSA) is 106 Å². The summed E-state index contributed by atoms with van der Waals surface area (Å²) < 4.78 is 16.8. The van der Waals surface area contributed by atoms with Gasteiger partial charge in [-0.05, 0) is 68.3 Å². The number of likely N-dealkylation sites (N-methyl/N-ethyl adjacent to an activating group) is 1. The second-order valence-corrected chi connectivity index (χ2v) is 11.9. The third-order valence-electron chi connectivity index (χ3n) is 7.91. The zero-order valence-corrected chi connectivity index (χ0v) is 29.0. The lowest BCUT2D eigenvalue weighted by Crippen LogP contribution is -2.28. The van der Waals surface area contributed by atoms with Gasteiger partial charge in [0, 0.05) is 61.1 Å². The summed E-state index contributed by atoms with van der Waals surface area (Å²) in [6, 6.07) is 18.8.